The number of aliphatic imine (C=N–C) groups is 1. The number of nitrogens with one attached hydrogen (secondary N) is 2. The summed E-state index contributed by atoms with van der Waals surface area (Å²) in [7, 11) is 3.53. The van der Waals surface area contributed by atoms with E-state index in [-0.39, 0.29) is 35.5 Å². The van der Waals surface area contributed by atoms with Gasteiger partial charge in [0.15, 0.2) is 5.96 Å². The van der Waals surface area contributed by atoms with Crippen LogP contribution in [0.2, 0.25) is 0 Å². The zero-order chi connectivity index (χ0) is 18.4. The largest absolute Gasteiger partial charge is 0.379 e. The predicted molar refractivity (Wildman–Crippen MR) is 120 cm³/mol. The molecule has 0 spiro atoms. The Labute approximate surface area is 173 Å². The van der Waals surface area contributed by atoms with E-state index in [4.69, 9.17) is 4.74 Å². The molecule has 2 rings (SSSR count). The van der Waals surface area contributed by atoms with Crippen LogP contribution < -0.4 is 10.6 Å². The van der Waals surface area contributed by atoms with Crippen LogP contribution in [-0.4, -0.2) is 48.9 Å². The van der Waals surface area contributed by atoms with Crippen LogP contribution in [0, 0.1) is 12.3 Å². The van der Waals surface area contributed by atoms with Crippen LogP contribution in [0.15, 0.2) is 29.3 Å². The quantitative estimate of drug-likeness (QED) is 0.385. The minimum absolute atomic E-state index is 0. The number of rotatable bonds is 6. The molecule has 0 radical (unpaired) electrons. The van der Waals surface area contributed by atoms with Crippen LogP contribution in [0.1, 0.15) is 26.6 Å². The second-order valence-corrected chi connectivity index (χ2v) is 7.27. The van der Waals surface area contributed by atoms with Crippen LogP contribution in [0.3, 0.4) is 0 Å². The van der Waals surface area contributed by atoms with Gasteiger partial charge in [-0.2, -0.15) is 0 Å². The number of imidazole rings is 1. The van der Waals surface area contributed by atoms with Crippen LogP contribution >= 0.6 is 24.0 Å². The summed E-state index contributed by atoms with van der Waals surface area (Å²) in [6, 6.07) is 8.22. The number of guanidine groups is 1. The SMILES string of the molecule is CN=C(NCCn1c(C)nc2ccccc21)NCC(OC)C(C)(C)C.I. The topological polar surface area (TPSA) is 63.5 Å². The van der Waals surface area contributed by atoms with Crippen molar-refractivity contribution >= 4 is 41.0 Å². The van der Waals surface area contributed by atoms with E-state index in [1.165, 1.54) is 0 Å². The van der Waals surface area contributed by atoms with Gasteiger partial charge in [0, 0.05) is 33.8 Å². The molecule has 6 nitrogen and oxygen atoms in total. The molecule has 0 aliphatic rings. The van der Waals surface area contributed by atoms with E-state index < -0.39 is 0 Å². The molecule has 0 amide bonds. The molecular formula is C19H32IN5O. The van der Waals surface area contributed by atoms with Crippen LogP contribution in [0.4, 0.5) is 0 Å². The molecule has 146 valence electrons. The summed E-state index contributed by atoms with van der Waals surface area (Å²) < 4.78 is 7.80. The van der Waals surface area contributed by atoms with E-state index in [9.17, 15) is 0 Å². The van der Waals surface area contributed by atoms with Crippen molar-refractivity contribution in [2.75, 3.05) is 27.2 Å². The van der Waals surface area contributed by atoms with Crippen LogP contribution in [0.25, 0.3) is 11.0 Å². The molecule has 0 saturated carbocycles. The van der Waals surface area contributed by atoms with E-state index in [1.54, 1.807) is 14.2 Å². The number of hydrogen-bond donors (Lipinski definition) is 2. The molecule has 1 heterocycles. The molecule has 1 aromatic heterocycles. The highest BCUT2D eigenvalue weighted by molar-refractivity contribution is 14.0. The summed E-state index contributed by atoms with van der Waals surface area (Å²) in [5.74, 6) is 1.81. The van der Waals surface area contributed by atoms with E-state index in [1.807, 2.05) is 25.1 Å². The van der Waals surface area contributed by atoms with Gasteiger partial charge < -0.3 is 19.9 Å². The normalized spacial score (nSPS) is 13.4. The Morgan fingerprint density at radius 3 is 2.58 bits per heavy atom. The van der Waals surface area contributed by atoms with Crippen LogP contribution in [0.5, 0.6) is 0 Å². The molecule has 0 aliphatic heterocycles. The summed E-state index contributed by atoms with van der Waals surface area (Å²) in [6.07, 6.45) is 0.117. The predicted octanol–water partition coefficient (Wildman–Crippen LogP) is 3.19. The Morgan fingerprint density at radius 1 is 1.27 bits per heavy atom. The number of aromatic nitrogens is 2. The fraction of sp³-hybridized carbons (Fsp3) is 0.579. The number of para-hydroxylation sites is 2. The van der Waals surface area contributed by atoms with Crippen molar-refractivity contribution in [3.63, 3.8) is 0 Å². The van der Waals surface area contributed by atoms with Gasteiger partial charge in [0.2, 0.25) is 0 Å². The zero-order valence-electron chi connectivity index (χ0n) is 16.7. The Hall–Kier alpha value is -1.35. The number of hydrogen-bond acceptors (Lipinski definition) is 3. The molecule has 1 aromatic carbocycles. The summed E-state index contributed by atoms with van der Waals surface area (Å²) in [5.41, 5.74) is 2.28. The maximum absolute atomic E-state index is 5.58. The maximum Gasteiger partial charge on any atom is 0.191 e. The van der Waals surface area contributed by atoms with Gasteiger partial charge in [0.1, 0.15) is 5.82 Å². The molecular weight excluding hydrogens is 441 g/mol. The molecule has 0 saturated heterocycles. The van der Waals surface area contributed by atoms with Crippen molar-refractivity contribution in [3.8, 4) is 0 Å². The van der Waals surface area contributed by atoms with Crippen molar-refractivity contribution in [3.05, 3.63) is 30.1 Å². The number of aryl methyl sites for hydroxylation is 1. The standard InChI is InChI=1S/C19H31N5O.HI/c1-14-23-15-9-7-8-10-16(15)24(14)12-11-21-18(20-5)22-13-17(25-6)19(2,3)4;/h7-10,17H,11-13H2,1-6H3,(H2,20,21,22);1H. The van der Waals surface area contributed by atoms with Crippen molar-refractivity contribution in [2.24, 2.45) is 10.4 Å². The second-order valence-electron chi connectivity index (χ2n) is 7.27. The number of methoxy groups -OCH3 is 1. The van der Waals surface area contributed by atoms with Gasteiger partial charge in [-0.1, -0.05) is 32.9 Å². The molecule has 0 bridgehead atoms. The van der Waals surface area contributed by atoms with Gasteiger partial charge in [-0.15, -0.1) is 24.0 Å². The van der Waals surface area contributed by atoms with Crippen molar-refractivity contribution in [1.29, 1.82) is 0 Å². The molecule has 7 heteroatoms. The third-order valence-corrected chi connectivity index (χ3v) is 4.40. The second kappa shape index (κ2) is 10.1. The van der Waals surface area contributed by atoms with E-state index in [0.717, 1.165) is 35.9 Å². The minimum Gasteiger partial charge on any atom is -0.379 e. The highest BCUT2D eigenvalue weighted by Crippen LogP contribution is 2.20. The minimum atomic E-state index is 0. The Morgan fingerprint density at radius 2 is 1.96 bits per heavy atom. The lowest BCUT2D eigenvalue weighted by molar-refractivity contribution is 0.0205. The Balaban J connectivity index is 0.00000338. The van der Waals surface area contributed by atoms with Gasteiger partial charge >= 0.3 is 0 Å². The van der Waals surface area contributed by atoms with E-state index in [2.05, 4.69) is 52.0 Å². The Kier molecular flexibility index (Phi) is 8.82. The molecule has 0 aliphatic carbocycles. The average molecular weight is 473 g/mol. The van der Waals surface area contributed by atoms with Crippen molar-refractivity contribution in [2.45, 2.75) is 40.3 Å². The molecule has 0 fully saturated rings. The lowest BCUT2D eigenvalue weighted by Gasteiger charge is -2.30. The molecule has 2 N–H and O–H groups in total. The van der Waals surface area contributed by atoms with Gasteiger partial charge in [-0.25, -0.2) is 4.98 Å². The first-order valence-electron chi connectivity index (χ1n) is 8.76. The highest BCUT2D eigenvalue weighted by Gasteiger charge is 2.24. The summed E-state index contributed by atoms with van der Waals surface area (Å²) in [5, 5.41) is 6.71. The van der Waals surface area contributed by atoms with Gasteiger partial charge in [-0.05, 0) is 24.5 Å². The fourth-order valence-electron chi connectivity index (χ4n) is 2.92. The Bertz CT molecular complexity index is 720. The smallest absolute Gasteiger partial charge is 0.191 e. The lowest BCUT2D eigenvalue weighted by Crippen LogP contribution is -2.45. The summed E-state index contributed by atoms with van der Waals surface area (Å²) >= 11 is 0. The maximum atomic E-state index is 5.58. The summed E-state index contributed by atoms with van der Waals surface area (Å²) in [6.45, 7) is 10.9. The first kappa shape index (κ1) is 22.7. The van der Waals surface area contributed by atoms with E-state index in [0.29, 0.717) is 6.54 Å². The zero-order valence-corrected chi connectivity index (χ0v) is 19.0. The van der Waals surface area contributed by atoms with Crippen molar-refractivity contribution < 1.29 is 4.74 Å². The van der Waals surface area contributed by atoms with Crippen molar-refractivity contribution in [1.82, 2.24) is 20.2 Å². The third-order valence-electron chi connectivity index (χ3n) is 4.40. The monoisotopic (exact) mass is 473 g/mol. The number of nitrogens with zero attached hydrogens (tertiary/aromatic N) is 3. The fourth-order valence-corrected chi connectivity index (χ4v) is 2.92. The van der Waals surface area contributed by atoms with Gasteiger partial charge in [0.25, 0.3) is 0 Å². The number of ether oxygens (including phenoxy) is 1. The average Bonchev–Trinajstić information content (AvgIpc) is 2.88. The lowest BCUT2D eigenvalue weighted by atomic mass is 9.89. The molecule has 1 unspecified atom stereocenters. The number of fused-ring (bicyclic) bond motifs is 1. The van der Waals surface area contributed by atoms with Gasteiger partial charge in [0.05, 0.1) is 17.1 Å². The highest BCUT2D eigenvalue weighted by atomic mass is 127. The van der Waals surface area contributed by atoms with Crippen LogP contribution in [-0.2, 0) is 11.3 Å². The molecule has 26 heavy (non-hydrogen) atoms. The molecule has 2 aromatic rings. The summed E-state index contributed by atoms with van der Waals surface area (Å²) in [4.78, 5) is 8.90. The first-order chi connectivity index (χ1) is 11.9. The van der Waals surface area contributed by atoms with E-state index >= 15 is 0 Å². The third kappa shape index (κ3) is 5.84. The van der Waals surface area contributed by atoms with Gasteiger partial charge in [-0.3, -0.25) is 4.99 Å². The number of halogens is 1. The first-order valence-corrected chi connectivity index (χ1v) is 8.76. The number of benzene rings is 1. The molecule has 1 atom stereocenters.